The molecule has 0 saturated carbocycles. The first kappa shape index (κ1) is 15.9. The molecule has 5 nitrogen and oxygen atoms in total. The topological polar surface area (TPSA) is 88.5 Å². The fraction of sp³-hybridized carbons (Fsp3) is 0.0952. The van der Waals surface area contributed by atoms with Crippen LogP contribution in [-0.2, 0) is 0 Å². The Morgan fingerprint density at radius 2 is 1.96 bits per heavy atom. The molecule has 0 unspecified atom stereocenters. The molecule has 3 N–H and O–H groups in total. The van der Waals surface area contributed by atoms with Gasteiger partial charge in [-0.25, -0.2) is 0 Å². The van der Waals surface area contributed by atoms with Crippen LogP contribution in [0.2, 0.25) is 0 Å². The molecule has 1 aliphatic rings. The van der Waals surface area contributed by atoms with Crippen LogP contribution in [0.15, 0.2) is 66.1 Å². The molecule has 0 fully saturated rings. The molecule has 1 heterocycles. The van der Waals surface area contributed by atoms with Crippen molar-refractivity contribution in [3.05, 3.63) is 77.2 Å². The molecule has 0 aliphatic carbocycles. The number of nitrogens with zero attached hydrogens (tertiary/aromatic N) is 1. The first-order valence-corrected chi connectivity index (χ1v) is 8.10. The van der Waals surface area contributed by atoms with Gasteiger partial charge in [-0.1, -0.05) is 42.5 Å². The van der Waals surface area contributed by atoms with Gasteiger partial charge in [0, 0.05) is 10.9 Å². The fourth-order valence-corrected chi connectivity index (χ4v) is 3.40. The predicted molar refractivity (Wildman–Crippen MR) is 97.9 cm³/mol. The number of benzene rings is 3. The van der Waals surface area contributed by atoms with Gasteiger partial charge in [0.1, 0.15) is 17.4 Å². The SMILES string of the molecule is COc1cc([C@H]2C(C#N)=C(N)Oc3c2ccc2ccccc32)ccc1O. The average molecular weight is 344 g/mol. The molecule has 26 heavy (non-hydrogen) atoms. The zero-order chi connectivity index (χ0) is 18.3. The largest absolute Gasteiger partial charge is 0.504 e. The molecule has 3 aromatic carbocycles. The molecule has 1 atom stereocenters. The normalized spacial score (nSPS) is 15.9. The number of hydrogen-bond acceptors (Lipinski definition) is 5. The highest BCUT2D eigenvalue weighted by atomic mass is 16.5. The van der Waals surface area contributed by atoms with E-state index in [0.29, 0.717) is 17.1 Å². The van der Waals surface area contributed by atoms with Crippen molar-refractivity contribution in [2.45, 2.75) is 5.92 Å². The zero-order valence-corrected chi connectivity index (χ0v) is 14.1. The Hall–Kier alpha value is -3.65. The van der Waals surface area contributed by atoms with E-state index in [-0.39, 0.29) is 11.6 Å². The van der Waals surface area contributed by atoms with E-state index in [4.69, 9.17) is 15.2 Å². The van der Waals surface area contributed by atoms with Gasteiger partial charge in [-0.3, -0.25) is 0 Å². The van der Waals surface area contributed by atoms with Crippen molar-refractivity contribution in [3.63, 3.8) is 0 Å². The Morgan fingerprint density at radius 3 is 2.73 bits per heavy atom. The highest BCUT2D eigenvalue weighted by Gasteiger charge is 2.32. The van der Waals surface area contributed by atoms with Crippen molar-refractivity contribution in [1.29, 1.82) is 5.26 Å². The highest BCUT2D eigenvalue weighted by Crippen LogP contribution is 2.46. The summed E-state index contributed by atoms with van der Waals surface area (Å²) in [4.78, 5) is 0. The van der Waals surface area contributed by atoms with E-state index in [0.717, 1.165) is 21.9 Å². The number of rotatable bonds is 2. The number of phenols is 1. The van der Waals surface area contributed by atoms with Crippen molar-refractivity contribution in [2.75, 3.05) is 7.11 Å². The third-order valence-corrected chi connectivity index (χ3v) is 4.64. The lowest BCUT2D eigenvalue weighted by Gasteiger charge is -2.27. The maximum Gasteiger partial charge on any atom is 0.205 e. The molecular formula is C21H16N2O3. The smallest absolute Gasteiger partial charge is 0.205 e. The number of fused-ring (bicyclic) bond motifs is 3. The van der Waals surface area contributed by atoms with Gasteiger partial charge in [0.25, 0.3) is 0 Å². The van der Waals surface area contributed by atoms with Gasteiger partial charge >= 0.3 is 0 Å². The summed E-state index contributed by atoms with van der Waals surface area (Å²) in [6.45, 7) is 0. The van der Waals surface area contributed by atoms with Crippen molar-refractivity contribution in [2.24, 2.45) is 5.73 Å². The second-order valence-corrected chi connectivity index (χ2v) is 6.06. The number of aromatic hydroxyl groups is 1. The molecule has 5 heteroatoms. The number of ether oxygens (including phenoxy) is 2. The van der Waals surface area contributed by atoms with Crippen LogP contribution in [0, 0.1) is 11.3 Å². The summed E-state index contributed by atoms with van der Waals surface area (Å²) < 4.78 is 11.1. The Morgan fingerprint density at radius 1 is 1.15 bits per heavy atom. The molecule has 128 valence electrons. The summed E-state index contributed by atoms with van der Waals surface area (Å²) in [6.07, 6.45) is 0. The molecular weight excluding hydrogens is 328 g/mol. The summed E-state index contributed by atoms with van der Waals surface area (Å²) in [5, 5.41) is 21.5. The molecule has 3 aromatic rings. The van der Waals surface area contributed by atoms with Crippen LogP contribution in [0.1, 0.15) is 17.0 Å². The van der Waals surface area contributed by atoms with Crippen LogP contribution in [0.4, 0.5) is 0 Å². The number of nitrogens with two attached hydrogens (primary N) is 1. The summed E-state index contributed by atoms with van der Waals surface area (Å²) >= 11 is 0. The predicted octanol–water partition coefficient (Wildman–Crippen LogP) is 3.77. The van der Waals surface area contributed by atoms with Crippen molar-refractivity contribution in [3.8, 4) is 23.3 Å². The first-order valence-electron chi connectivity index (χ1n) is 8.10. The zero-order valence-electron chi connectivity index (χ0n) is 14.1. The number of hydrogen-bond donors (Lipinski definition) is 2. The van der Waals surface area contributed by atoms with Crippen LogP contribution in [-0.4, -0.2) is 12.2 Å². The minimum Gasteiger partial charge on any atom is -0.504 e. The van der Waals surface area contributed by atoms with E-state index >= 15 is 0 Å². The van der Waals surface area contributed by atoms with E-state index < -0.39 is 5.92 Å². The number of phenolic OH excluding ortho intramolecular Hbond substituents is 1. The molecule has 1 aliphatic heterocycles. The van der Waals surface area contributed by atoms with Gasteiger partial charge in [0.05, 0.1) is 13.0 Å². The molecule has 0 saturated heterocycles. The standard InChI is InChI=1S/C21H16N2O3/c1-25-18-10-13(7-9-17(18)24)19-15-8-6-12-4-2-3-5-14(12)20(15)26-21(23)16(19)11-22/h2-10,19,24H,23H2,1H3/t19-/m1/s1. The van der Waals surface area contributed by atoms with Crippen LogP contribution in [0.25, 0.3) is 10.8 Å². The van der Waals surface area contributed by atoms with E-state index in [2.05, 4.69) is 6.07 Å². The van der Waals surface area contributed by atoms with Crippen molar-refractivity contribution >= 4 is 10.8 Å². The van der Waals surface area contributed by atoms with Crippen LogP contribution in [0.5, 0.6) is 17.2 Å². The van der Waals surface area contributed by atoms with Gasteiger partial charge in [-0.15, -0.1) is 0 Å². The molecule has 0 amide bonds. The minimum atomic E-state index is -0.400. The van der Waals surface area contributed by atoms with Gasteiger partial charge in [0.15, 0.2) is 11.5 Å². The Kier molecular flexibility index (Phi) is 3.67. The summed E-state index contributed by atoms with van der Waals surface area (Å²) in [7, 11) is 1.49. The maximum atomic E-state index is 9.89. The summed E-state index contributed by atoms with van der Waals surface area (Å²) in [5.74, 6) is 0.720. The molecule has 0 radical (unpaired) electrons. The van der Waals surface area contributed by atoms with Crippen molar-refractivity contribution < 1.29 is 14.6 Å². The monoisotopic (exact) mass is 344 g/mol. The Labute approximate surface area is 150 Å². The minimum absolute atomic E-state index is 0.0394. The van der Waals surface area contributed by atoms with Gasteiger partial charge in [-0.05, 0) is 23.1 Å². The van der Waals surface area contributed by atoms with Crippen LogP contribution < -0.4 is 15.2 Å². The third kappa shape index (κ3) is 2.32. The van der Waals surface area contributed by atoms with Crippen LogP contribution in [0.3, 0.4) is 0 Å². The maximum absolute atomic E-state index is 9.89. The molecule has 4 rings (SSSR count). The van der Waals surface area contributed by atoms with E-state index in [1.165, 1.54) is 7.11 Å². The lowest BCUT2D eigenvalue weighted by Crippen LogP contribution is -2.21. The Balaban J connectivity index is 1.99. The second-order valence-electron chi connectivity index (χ2n) is 6.06. The van der Waals surface area contributed by atoms with Crippen LogP contribution >= 0.6 is 0 Å². The molecule has 0 bridgehead atoms. The number of nitriles is 1. The molecule has 0 aromatic heterocycles. The first-order chi connectivity index (χ1) is 12.6. The molecule has 0 spiro atoms. The second kappa shape index (κ2) is 6.01. The quantitative estimate of drug-likeness (QED) is 0.739. The highest BCUT2D eigenvalue weighted by molar-refractivity contribution is 5.90. The van der Waals surface area contributed by atoms with E-state index in [9.17, 15) is 10.4 Å². The average Bonchev–Trinajstić information content (AvgIpc) is 2.67. The number of methoxy groups -OCH3 is 1. The van der Waals surface area contributed by atoms with E-state index in [1.807, 2.05) is 36.4 Å². The summed E-state index contributed by atoms with van der Waals surface area (Å²) in [5.41, 5.74) is 8.05. The number of allylic oxidation sites excluding steroid dienone is 1. The van der Waals surface area contributed by atoms with Gasteiger partial charge in [0.2, 0.25) is 5.88 Å². The van der Waals surface area contributed by atoms with Crippen molar-refractivity contribution in [1.82, 2.24) is 0 Å². The summed E-state index contributed by atoms with van der Waals surface area (Å²) in [6, 6.07) is 19.0. The van der Waals surface area contributed by atoms with Gasteiger partial charge < -0.3 is 20.3 Å². The van der Waals surface area contributed by atoms with Gasteiger partial charge in [-0.2, -0.15) is 5.26 Å². The fourth-order valence-electron chi connectivity index (χ4n) is 3.40. The third-order valence-electron chi connectivity index (χ3n) is 4.64. The lowest BCUT2D eigenvalue weighted by molar-refractivity contribution is 0.372. The van der Waals surface area contributed by atoms with E-state index in [1.54, 1.807) is 18.2 Å². The Bertz CT molecular complexity index is 1100. The lowest BCUT2D eigenvalue weighted by atomic mass is 9.82.